The molecule has 0 saturated heterocycles. The van der Waals surface area contributed by atoms with Crippen molar-refractivity contribution in [3.63, 3.8) is 0 Å². The molecule has 0 spiro atoms. The lowest BCUT2D eigenvalue weighted by molar-refractivity contribution is -0.164. The molecule has 2 aromatic carbocycles. The van der Waals surface area contributed by atoms with Crippen LogP contribution in [0.2, 0.25) is 0 Å². The standard InChI is InChI=1S/C19H20N2O5/c1-2-20-19(25)21-17(23)16(14-11-7-4-8-12-14)26-18(24)15(22)13-9-5-3-6-10-13/h3-12,15-16,22H,2H2,1H3,(H2,20,21,23,25)/t15-,16+/m0/s1. The van der Waals surface area contributed by atoms with Crippen LogP contribution in [0.25, 0.3) is 0 Å². The van der Waals surface area contributed by atoms with Crippen LogP contribution >= 0.6 is 0 Å². The minimum atomic E-state index is -1.54. The minimum Gasteiger partial charge on any atom is -0.445 e. The van der Waals surface area contributed by atoms with Gasteiger partial charge in [0, 0.05) is 12.1 Å². The molecule has 0 aliphatic carbocycles. The topological polar surface area (TPSA) is 105 Å². The number of hydrogen-bond donors (Lipinski definition) is 3. The summed E-state index contributed by atoms with van der Waals surface area (Å²) in [5.74, 6) is -1.80. The number of rotatable bonds is 6. The van der Waals surface area contributed by atoms with E-state index in [1.54, 1.807) is 67.6 Å². The molecule has 0 aliphatic heterocycles. The van der Waals surface area contributed by atoms with Gasteiger partial charge in [-0.3, -0.25) is 10.1 Å². The summed E-state index contributed by atoms with van der Waals surface area (Å²) in [5, 5.41) is 14.7. The van der Waals surface area contributed by atoms with Crippen LogP contribution in [0.1, 0.15) is 30.3 Å². The first-order chi connectivity index (χ1) is 12.5. The van der Waals surface area contributed by atoms with E-state index in [1.807, 2.05) is 0 Å². The maximum absolute atomic E-state index is 12.4. The summed E-state index contributed by atoms with van der Waals surface area (Å²) in [6, 6.07) is 15.8. The number of hydrogen-bond acceptors (Lipinski definition) is 5. The molecule has 0 saturated carbocycles. The van der Waals surface area contributed by atoms with E-state index in [0.29, 0.717) is 17.7 Å². The van der Waals surface area contributed by atoms with Crippen LogP contribution in [0.5, 0.6) is 0 Å². The fourth-order valence-electron chi connectivity index (χ4n) is 2.23. The normalized spacial score (nSPS) is 12.5. The molecule has 0 radical (unpaired) electrons. The zero-order valence-electron chi connectivity index (χ0n) is 14.2. The number of nitrogens with one attached hydrogen (secondary N) is 2. The number of benzene rings is 2. The Bertz CT molecular complexity index is 749. The first-order valence-electron chi connectivity index (χ1n) is 8.10. The summed E-state index contributed by atoms with van der Waals surface area (Å²) in [4.78, 5) is 36.3. The average molecular weight is 356 g/mol. The maximum atomic E-state index is 12.4. The van der Waals surface area contributed by atoms with E-state index in [1.165, 1.54) is 0 Å². The van der Waals surface area contributed by atoms with Gasteiger partial charge in [-0.1, -0.05) is 60.7 Å². The second-order valence-corrected chi connectivity index (χ2v) is 5.39. The van der Waals surface area contributed by atoms with Crippen LogP contribution in [0.15, 0.2) is 60.7 Å². The molecular formula is C19H20N2O5. The summed E-state index contributed by atoms with van der Waals surface area (Å²) in [5.41, 5.74) is 0.719. The van der Waals surface area contributed by atoms with E-state index >= 15 is 0 Å². The number of ether oxygens (including phenoxy) is 1. The van der Waals surface area contributed by atoms with Gasteiger partial charge < -0.3 is 15.2 Å². The van der Waals surface area contributed by atoms with Gasteiger partial charge in [0.1, 0.15) is 0 Å². The van der Waals surface area contributed by atoms with E-state index in [0.717, 1.165) is 0 Å². The van der Waals surface area contributed by atoms with E-state index in [2.05, 4.69) is 10.6 Å². The van der Waals surface area contributed by atoms with Crippen LogP contribution < -0.4 is 10.6 Å². The van der Waals surface area contributed by atoms with E-state index < -0.39 is 30.1 Å². The molecule has 0 heterocycles. The quantitative estimate of drug-likeness (QED) is 0.685. The highest BCUT2D eigenvalue weighted by atomic mass is 16.6. The Hall–Kier alpha value is -3.19. The zero-order chi connectivity index (χ0) is 18.9. The second kappa shape index (κ2) is 9.33. The SMILES string of the molecule is CCNC(=O)NC(=O)[C@H](OC(=O)[C@@H](O)c1ccccc1)c1ccccc1. The Kier molecular flexibility index (Phi) is 6.87. The molecule has 2 atom stereocenters. The number of urea groups is 1. The smallest absolute Gasteiger partial charge is 0.340 e. The highest BCUT2D eigenvalue weighted by molar-refractivity contribution is 5.98. The molecule has 7 nitrogen and oxygen atoms in total. The van der Waals surface area contributed by atoms with Gasteiger partial charge in [0.15, 0.2) is 6.10 Å². The van der Waals surface area contributed by atoms with E-state index in [4.69, 9.17) is 4.74 Å². The molecule has 2 aromatic rings. The minimum absolute atomic E-state index is 0.335. The van der Waals surface area contributed by atoms with Crippen molar-refractivity contribution in [2.45, 2.75) is 19.1 Å². The van der Waals surface area contributed by atoms with Crippen LogP contribution in [0.4, 0.5) is 4.79 Å². The summed E-state index contributed by atoms with van der Waals surface area (Å²) in [6.07, 6.45) is -2.91. The third kappa shape index (κ3) is 5.15. The molecule has 0 aromatic heterocycles. The van der Waals surface area contributed by atoms with E-state index in [-0.39, 0.29) is 0 Å². The van der Waals surface area contributed by atoms with Crippen molar-refractivity contribution in [3.8, 4) is 0 Å². The summed E-state index contributed by atoms with van der Waals surface area (Å²) in [7, 11) is 0. The van der Waals surface area contributed by atoms with Crippen molar-refractivity contribution in [1.29, 1.82) is 0 Å². The van der Waals surface area contributed by atoms with Crippen molar-refractivity contribution < 1.29 is 24.2 Å². The first-order valence-corrected chi connectivity index (χ1v) is 8.10. The van der Waals surface area contributed by atoms with Crippen LogP contribution in [-0.2, 0) is 14.3 Å². The predicted molar refractivity (Wildman–Crippen MR) is 93.9 cm³/mol. The van der Waals surface area contributed by atoms with Crippen molar-refractivity contribution in [2.24, 2.45) is 0 Å². The van der Waals surface area contributed by atoms with Gasteiger partial charge in [-0.2, -0.15) is 0 Å². The molecule has 0 aliphatic rings. The van der Waals surface area contributed by atoms with Crippen molar-refractivity contribution in [3.05, 3.63) is 71.8 Å². The number of carbonyl (C=O) groups is 3. The zero-order valence-corrected chi connectivity index (χ0v) is 14.2. The molecule has 0 fully saturated rings. The Balaban J connectivity index is 2.17. The monoisotopic (exact) mass is 356 g/mol. The molecule has 7 heteroatoms. The molecule has 0 unspecified atom stereocenters. The van der Waals surface area contributed by atoms with E-state index in [9.17, 15) is 19.5 Å². The number of esters is 1. The Morgan fingerprint density at radius 3 is 2.04 bits per heavy atom. The molecule has 2 rings (SSSR count). The lowest BCUT2D eigenvalue weighted by atomic mass is 10.1. The van der Waals surface area contributed by atoms with Gasteiger partial charge in [0.2, 0.25) is 6.10 Å². The van der Waals surface area contributed by atoms with Crippen molar-refractivity contribution in [1.82, 2.24) is 10.6 Å². The number of carbonyl (C=O) groups excluding carboxylic acids is 3. The van der Waals surface area contributed by atoms with Gasteiger partial charge in [-0.15, -0.1) is 0 Å². The first kappa shape index (κ1) is 19.1. The average Bonchev–Trinajstić information content (AvgIpc) is 2.66. The lowest BCUT2D eigenvalue weighted by Gasteiger charge is -2.19. The van der Waals surface area contributed by atoms with Crippen LogP contribution in [0, 0.1) is 0 Å². The Morgan fingerprint density at radius 1 is 0.962 bits per heavy atom. The predicted octanol–water partition coefficient (Wildman–Crippen LogP) is 1.85. The molecule has 3 N–H and O–H groups in total. The van der Waals surface area contributed by atoms with Crippen LogP contribution in [-0.4, -0.2) is 29.6 Å². The summed E-state index contributed by atoms with van der Waals surface area (Å²) >= 11 is 0. The fraction of sp³-hybridized carbons (Fsp3) is 0.211. The Morgan fingerprint density at radius 2 is 1.50 bits per heavy atom. The van der Waals surface area contributed by atoms with Gasteiger partial charge >= 0.3 is 12.0 Å². The largest absolute Gasteiger partial charge is 0.445 e. The highest BCUT2D eigenvalue weighted by Gasteiger charge is 2.29. The molecule has 0 bridgehead atoms. The molecule has 3 amide bonds. The molecule has 26 heavy (non-hydrogen) atoms. The molecule has 136 valence electrons. The number of aliphatic hydroxyl groups excluding tert-OH is 1. The number of imide groups is 1. The summed E-state index contributed by atoms with van der Waals surface area (Å²) < 4.78 is 5.21. The van der Waals surface area contributed by atoms with Crippen molar-refractivity contribution >= 4 is 17.9 Å². The van der Waals surface area contributed by atoms with Gasteiger partial charge in [0.25, 0.3) is 5.91 Å². The fourth-order valence-corrected chi connectivity index (χ4v) is 2.23. The number of amides is 3. The second-order valence-electron chi connectivity index (χ2n) is 5.39. The van der Waals surface area contributed by atoms with Gasteiger partial charge in [0.05, 0.1) is 0 Å². The maximum Gasteiger partial charge on any atom is 0.340 e. The summed E-state index contributed by atoms with van der Waals surface area (Å²) in [6.45, 7) is 2.04. The van der Waals surface area contributed by atoms with Gasteiger partial charge in [-0.05, 0) is 12.5 Å². The third-order valence-electron chi connectivity index (χ3n) is 3.49. The molecular weight excluding hydrogens is 336 g/mol. The lowest BCUT2D eigenvalue weighted by Crippen LogP contribution is -2.42. The third-order valence-corrected chi connectivity index (χ3v) is 3.49. The number of aliphatic hydroxyl groups is 1. The Labute approximate surface area is 151 Å². The highest BCUT2D eigenvalue weighted by Crippen LogP contribution is 2.22. The van der Waals surface area contributed by atoms with Gasteiger partial charge in [-0.25, -0.2) is 9.59 Å². The van der Waals surface area contributed by atoms with Crippen molar-refractivity contribution in [2.75, 3.05) is 6.54 Å². The van der Waals surface area contributed by atoms with Crippen LogP contribution in [0.3, 0.4) is 0 Å².